The van der Waals surface area contributed by atoms with Crippen LogP contribution in [-0.4, -0.2) is 23.7 Å². The number of nitrogens with one attached hydrogen (secondary N) is 2. The van der Waals surface area contributed by atoms with Crippen molar-refractivity contribution in [2.75, 3.05) is 6.54 Å². The molecule has 0 aliphatic carbocycles. The summed E-state index contributed by atoms with van der Waals surface area (Å²) in [6.45, 7) is 1.50. The van der Waals surface area contributed by atoms with Gasteiger partial charge in [-0.2, -0.15) is 0 Å². The molecule has 116 valence electrons. The van der Waals surface area contributed by atoms with E-state index in [1.807, 2.05) is 18.2 Å². The van der Waals surface area contributed by atoms with E-state index in [1.54, 1.807) is 12.1 Å². The molecule has 0 saturated heterocycles. The molecule has 5 heteroatoms. The van der Waals surface area contributed by atoms with Gasteiger partial charge in [0.05, 0.1) is 12.6 Å². The summed E-state index contributed by atoms with van der Waals surface area (Å²) in [6.07, 6.45) is 0.981. The van der Waals surface area contributed by atoms with Crippen LogP contribution in [0, 0.1) is 0 Å². The van der Waals surface area contributed by atoms with Gasteiger partial charge in [-0.05, 0) is 29.7 Å². The summed E-state index contributed by atoms with van der Waals surface area (Å²) in [5.74, 6) is 1.14. The average Bonchev–Trinajstić information content (AvgIpc) is 2.95. The highest BCUT2D eigenvalue weighted by molar-refractivity contribution is 14.0. The summed E-state index contributed by atoms with van der Waals surface area (Å²) in [6, 6.07) is 18.0. The van der Waals surface area contributed by atoms with Crippen molar-refractivity contribution in [2.24, 2.45) is 4.99 Å². The van der Waals surface area contributed by atoms with Crippen LogP contribution in [0.15, 0.2) is 59.6 Å². The Morgan fingerprint density at radius 3 is 2.50 bits per heavy atom. The minimum atomic E-state index is 0. The Labute approximate surface area is 147 Å². The lowest BCUT2D eigenvalue weighted by Gasteiger charge is -2.13. The van der Waals surface area contributed by atoms with Crippen molar-refractivity contribution in [1.82, 2.24) is 10.6 Å². The number of halogens is 1. The summed E-state index contributed by atoms with van der Waals surface area (Å²) < 4.78 is 0. The normalized spacial score (nSPS) is 16.4. The minimum Gasteiger partial charge on any atom is -0.508 e. The van der Waals surface area contributed by atoms with Gasteiger partial charge in [-0.3, -0.25) is 4.99 Å². The highest BCUT2D eigenvalue weighted by atomic mass is 127. The second-order valence-corrected chi connectivity index (χ2v) is 5.24. The standard InChI is InChI=1S/C17H19N3O.HI/c21-16-8-6-14(7-9-16)11-18-17-19-12-15(20-17)10-13-4-2-1-3-5-13;/h1-9,15,21H,10-12H2,(H2,18,19,20);1H. The molecule has 0 saturated carbocycles. The third-order valence-electron chi connectivity index (χ3n) is 3.53. The molecule has 4 nitrogen and oxygen atoms in total. The lowest BCUT2D eigenvalue weighted by molar-refractivity contribution is 0.475. The highest BCUT2D eigenvalue weighted by Crippen LogP contribution is 2.10. The monoisotopic (exact) mass is 409 g/mol. The van der Waals surface area contributed by atoms with Gasteiger partial charge < -0.3 is 15.7 Å². The Bertz CT molecular complexity index is 614. The van der Waals surface area contributed by atoms with Crippen molar-refractivity contribution in [3.8, 4) is 5.75 Å². The summed E-state index contributed by atoms with van der Waals surface area (Å²) in [5.41, 5.74) is 2.44. The fourth-order valence-electron chi connectivity index (χ4n) is 2.41. The molecule has 3 N–H and O–H groups in total. The van der Waals surface area contributed by atoms with E-state index in [2.05, 4.69) is 39.9 Å². The van der Waals surface area contributed by atoms with Gasteiger partial charge in [0, 0.05) is 6.54 Å². The number of hydrogen-bond acceptors (Lipinski definition) is 4. The molecule has 0 amide bonds. The van der Waals surface area contributed by atoms with Gasteiger partial charge in [-0.15, -0.1) is 24.0 Å². The number of aliphatic imine (C=N–C) groups is 1. The van der Waals surface area contributed by atoms with E-state index in [4.69, 9.17) is 0 Å². The number of benzene rings is 2. The minimum absolute atomic E-state index is 0. The molecule has 1 unspecified atom stereocenters. The van der Waals surface area contributed by atoms with Gasteiger partial charge in [-0.25, -0.2) is 0 Å². The third kappa shape index (κ3) is 4.62. The van der Waals surface area contributed by atoms with E-state index < -0.39 is 0 Å². The van der Waals surface area contributed by atoms with E-state index >= 15 is 0 Å². The number of nitrogens with zero attached hydrogens (tertiary/aromatic N) is 1. The van der Waals surface area contributed by atoms with Crippen LogP contribution in [-0.2, 0) is 13.0 Å². The van der Waals surface area contributed by atoms with E-state index in [0.29, 0.717) is 12.6 Å². The van der Waals surface area contributed by atoms with Gasteiger partial charge >= 0.3 is 0 Å². The van der Waals surface area contributed by atoms with E-state index in [-0.39, 0.29) is 29.7 Å². The smallest absolute Gasteiger partial charge is 0.191 e. The predicted molar refractivity (Wildman–Crippen MR) is 99.7 cm³/mol. The lowest BCUT2D eigenvalue weighted by atomic mass is 10.1. The van der Waals surface area contributed by atoms with Crippen molar-refractivity contribution < 1.29 is 5.11 Å². The zero-order valence-corrected chi connectivity index (χ0v) is 14.5. The molecule has 2 aromatic carbocycles. The number of phenols is 1. The third-order valence-corrected chi connectivity index (χ3v) is 3.53. The van der Waals surface area contributed by atoms with Crippen LogP contribution >= 0.6 is 24.0 Å². The Hall–Kier alpha value is -1.76. The molecule has 0 radical (unpaired) electrons. The number of hydrogen-bond donors (Lipinski definition) is 3. The molecule has 2 aromatic rings. The molecule has 3 rings (SSSR count). The summed E-state index contributed by atoms with van der Waals surface area (Å²) in [5, 5.41) is 16.0. The topological polar surface area (TPSA) is 56.6 Å². The van der Waals surface area contributed by atoms with Crippen molar-refractivity contribution in [2.45, 2.75) is 19.0 Å². The van der Waals surface area contributed by atoms with Crippen molar-refractivity contribution in [3.63, 3.8) is 0 Å². The second-order valence-electron chi connectivity index (χ2n) is 5.24. The fourth-order valence-corrected chi connectivity index (χ4v) is 2.41. The maximum Gasteiger partial charge on any atom is 0.191 e. The summed E-state index contributed by atoms with van der Waals surface area (Å²) in [4.78, 5) is 4.49. The average molecular weight is 409 g/mol. The molecule has 22 heavy (non-hydrogen) atoms. The van der Waals surface area contributed by atoms with Crippen LogP contribution in [0.2, 0.25) is 0 Å². The highest BCUT2D eigenvalue weighted by Gasteiger charge is 2.17. The van der Waals surface area contributed by atoms with Crippen LogP contribution in [0.5, 0.6) is 5.75 Å². The summed E-state index contributed by atoms with van der Waals surface area (Å²) >= 11 is 0. The van der Waals surface area contributed by atoms with Crippen LogP contribution < -0.4 is 10.6 Å². The van der Waals surface area contributed by atoms with E-state index in [9.17, 15) is 5.11 Å². The van der Waals surface area contributed by atoms with Crippen LogP contribution in [0.25, 0.3) is 0 Å². The van der Waals surface area contributed by atoms with Gasteiger partial charge in [0.15, 0.2) is 5.96 Å². The zero-order chi connectivity index (χ0) is 14.5. The Balaban J connectivity index is 0.00000176. The quantitative estimate of drug-likeness (QED) is 0.681. The van der Waals surface area contributed by atoms with Gasteiger partial charge in [0.25, 0.3) is 0 Å². The SMILES string of the molecule is I.Oc1ccc(CNC2=NCC(Cc3ccccc3)N2)cc1. The first-order valence-corrected chi connectivity index (χ1v) is 7.16. The zero-order valence-electron chi connectivity index (χ0n) is 12.2. The van der Waals surface area contributed by atoms with E-state index in [1.165, 1.54) is 5.56 Å². The lowest BCUT2D eigenvalue weighted by Crippen LogP contribution is -2.39. The Kier molecular flexibility index (Phi) is 6.06. The maximum atomic E-state index is 9.25. The molecule has 0 aromatic heterocycles. The van der Waals surface area contributed by atoms with Gasteiger partial charge in [0.2, 0.25) is 0 Å². The van der Waals surface area contributed by atoms with Crippen molar-refractivity contribution in [3.05, 3.63) is 65.7 Å². The van der Waals surface area contributed by atoms with E-state index in [0.717, 1.165) is 24.5 Å². The first kappa shape index (κ1) is 16.6. The molecule has 1 atom stereocenters. The molecular weight excluding hydrogens is 389 g/mol. The molecule has 1 aliphatic rings. The fraction of sp³-hybridized carbons (Fsp3) is 0.235. The molecule has 0 spiro atoms. The molecule has 0 bridgehead atoms. The molecule has 1 aliphatic heterocycles. The molecule has 0 fully saturated rings. The molecular formula is C17H20IN3O. The van der Waals surface area contributed by atoms with Gasteiger partial charge in [-0.1, -0.05) is 42.5 Å². The van der Waals surface area contributed by atoms with Crippen LogP contribution in [0.4, 0.5) is 0 Å². The van der Waals surface area contributed by atoms with Gasteiger partial charge in [0.1, 0.15) is 5.75 Å². The maximum absolute atomic E-state index is 9.25. The first-order valence-electron chi connectivity index (χ1n) is 7.16. The summed E-state index contributed by atoms with van der Waals surface area (Å²) in [7, 11) is 0. The Morgan fingerprint density at radius 2 is 1.77 bits per heavy atom. The number of aromatic hydroxyl groups is 1. The number of phenolic OH excluding ortho intramolecular Hbond substituents is 1. The van der Waals surface area contributed by atoms with Crippen molar-refractivity contribution >= 4 is 29.9 Å². The number of rotatable bonds is 4. The first-order chi connectivity index (χ1) is 10.3. The van der Waals surface area contributed by atoms with Crippen LogP contribution in [0.3, 0.4) is 0 Å². The molecule has 1 heterocycles. The Morgan fingerprint density at radius 1 is 1.05 bits per heavy atom. The largest absolute Gasteiger partial charge is 0.508 e. The van der Waals surface area contributed by atoms with Crippen molar-refractivity contribution in [1.29, 1.82) is 0 Å². The second kappa shape index (κ2) is 8.03. The number of guanidine groups is 1. The predicted octanol–water partition coefficient (Wildman–Crippen LogP) is 2.67. The van der Waals surface area contributed by atoms with Crippen LogP contribution in [0.1, 0.15) is 11.1 Å².